The van der Waals surface area contributed by atoms with Crippen molar-refractivity contribution in [1.29, 1.82) is 5.26 Å². The van der Waals surface area contributed by atoms with Crippen molar-refractivity contribution in [3.8, 4) is 17.7 Å². The van der Waals surface area contributed by atoms with Crippen LogP contribution in [0.1, 0.15) is 5.69 Å². The van der Waals surface area contributed by atoms with Gasteiger partial charge in [0.05, 0.1) is 0 Å². The van der Waals surface area contributed by atoms with E-state index in [4.69, 9.17) is 10.00 Å². The Morgan fingerprint density at radius 1 is 0.947 bits per heavy atom. The van der Waals surface area contributed by atoms with Crippen molar-refractivity contribution in [2.24, 2.45) is 0 Å². The number of hydrogen-bond acceptors (Lipinski definition) is 5. The number of pyridine rings is 1. The summed E-state index contributed by atoms with van der Waals surface area (Å²) in [6, 6.07) is 11.3. The number of hydrogen-bond donors (Lipinski definition) is 0. The molecule has 90 valence electrons. The van der Waals surface area contributed by atoms with Crippen LogP contribution in [0.15, 0.2) is 48.9 Å². The smallest absolute Gasteiger partial charge is 0.256 e. The van der Waals surface area contributed by atoms with Crippen molar-refractivity contribution >= 4 is 10.9 Å². The van der Waals surface area contributed by atoms with Gasteiger partial charge in [-0.3, -0.25) is 4.98 Å². The van der Waals surface area contributed by atoms with Gasteiger partial charge in [-0.25, -0.2) is 9.97 Å². The highest BCUT2D eigenvalue weighted by molar-refractivity contribution is 5.84. The molecule has 0 amide bonds. The molecule has 1 aromatic carbocycles. The molecule has 0 aliphatic heterocycles. The fraction of sp³-hybridized carbons (Fsp3) is 0. The second-order valence-electron chi connectivity index (χ2n) is 3.76. The highest BCUT2D eigenvalue weighted by Crippen LogP contribution is 2.27. The lowest BCUT2D eigenvalue weighted by Gasteiger charge is -2.07. The highest BCUT2D eigenvalue weighted by atomic mass is 16.5. The Bertz CT molecular complexity index is 774. The molecule has 0 saturated heterocycles. The summed E-state index contributed by atoms with van der Waals surface area (Å²) in [5, 5.41) is 9.92. The van der Waals surface area contributed by atoms with E-state index in [-0.39, 0.29) is 11.6 Å². The first-order valence-corrected chi connectivity index (χ1v) is 5.61. The van der Waals surface area contributed by atoms with Crippen LogP contribution in [0, 0.1) is 11.3 Å². The van der Waals surface area contributed by atoms with E-state index >= 15 is 0 Å². The van der Waals surface area contributed by atoms with Gasteiger partial charge in [-0.1, -0.05) is 18.2 Å². The molecule has 2 aromatic heterocycles. The van der Waals surface area contributed by atoms with E-state index in [1.807, 2.05) is 30.3 Å². The van der Waals surface area contributed by atoms with E-state index in [1.54, 1.807) is 12.3 Å². The van der Waals surface area contributed by atoms with Gasteiger partial charge in [0.25, 0.3) is 5.88 Å². The van der Waals surface area contributed by atoms with E-state index in [0.717, 1.165) is 10.9 Å². The summed E-state index contributed by atoms with van der Waals surface area (Å²) in [6.07, 6.45) is 4.62. The van der Waals surface area contributed by atoms with Crippen molar-refractivity contribution in [2.75, 3.05) is 0 Å². The Balaban J connectivity index is 2.09. The normalized spacial score (nSPS) is 10.1. The Morgan fingerprint density at radius 3 is 2.68 bits per heavy atom. The van der Waals surface area contributed by atoms with Crippen LogP contribution in [-0.2, 0) is 0 Å². The zero-order valence-corrected chi connectivity index (χ0v) is 9.82. The Hall–Kier alpha value is -3.00. The first-order valence-electron chi connectivity index (χ1n) is 5.61. The van der Waals surface area contributed by atoms with Crippen molar-refractivity contribution < 1.29 is 4.74 Å². The predicted octanol–water partition coefficient (Wildman–Crippen LogP) is 2.69. The second kappa shape index (κ2) is 4.70. The number of nitrogens with zero attached hydrogens (tertiary/aromatic N) is 4. The number of ether oxygens (including phenoxy) is 1. The Morgan fingerprint density at radius 2 is 1.79 bits per heavy atom. The van der Waals surface area contributed by atoms with Crippen LogP contribution in [0.3, 0.4) is 0 Å². The Labute approximate surface area is 109 Å². The van der Waals surface area contributed by atoms with Gasteiger partial charge in [-0.15, -0.1) is 0 Å². The molecule has 3 rings (SSSR count). The average Bonchev–Trinajstić information content (AvgIpc) is 2.48. The molecule has 0 N–H and O–H groups in total. The van der Waals surface area contributed by atoms with Crippen molar-refractivity contribution in [2.45, 2.75) is 0 Å². The summed E-state index contributed by atoms with van der Waals surface area (Å²) in [6.45, 7) is 0. The number of aromatic nitrogens is 3. The third kappa shape index (κ3) is 2.07. The number of rotatable bonds is 2. The SMILES string of the molecule is N#Cc1nccnc1Oc1cccc2cccnc12. The Kier molecular flexibility index (Phi) is 2.75. The number of nitriles is 1. The predicted molar refractivity (Wildman–Crippen MR) is 68.6 cm³/mol. The monoisotopic (exact) mass is 248 g/mol. The first-order chi connectivity index (χ1) is 9.38. The van der Waals surface area contributed by atoms with E-state index in [0.29, 0.717) is 5.75 Å². The van der Waals surface area contributed by atoms with Crippen molar-refractivity contribution in [3.05, 3.63) is 54.6 Å². The molecule has 0 spiro atoms. The lowest BCUT2D eigenvalue weighted by molar-refractivity contribution is 0.462. The molecule has 0 aliphatic rings. The molecule has 0 bridgehead atoms. The summed E-state index contributed by atoms with van der Waals surface area (Å²) in [5.74, 6) is 0.734. The maximum atomic E-state index is 8.96. The quantitative estimate of drug-likeness (QED) is 0.697. The van der Waals surface area contributed by atoms with E-state index in [1.165, 1.54) is 12.4 Å². The molecule has 0 unspecified atom stereocenters. The van der Waals surface area contributed by atoms with Gasteiger partial charge in [0.2, 0.25) is 5.69 Å². The van der Waals surface area contributed by atoms with E-state index in [2.05, 4.69) is 15.0 Å². The van der Waals surface area contributed by atoms with E-state index in [9.17, 15) is 0 Å². The van der Waals surface area contributed by atoms with Crippen LogP contribution in [0.2, 0.25) is 0 Å². The molecule has 0 saturated carbocycles. The highest BCUT2D eigenvalue weighted by Gasteiger charge is 2.09. The maximum Gasteiger partial charge on any atom is 0.256 e. The lowest BCUT2D eigenvalue weighted by Crippen LogP contribution is -1.95. The molecule has 5 nitrogen and oxygen atoms in total. The van der Waals surface area contributed by atoms with Gasteiger partial charge in [0.15, 0.2) is 5.75 Å². The zero-order chi connectivity index (χ0) is 13.1. The molecule has 0 atom stereocenters. The van der Waals surface area contributed by atoms with Gasteiger partial charge >= 0.3 is 0 Å². The minimum absolute atomic E-state index is 0.149. The van der Waals surface area contributed by atoms with Crippen LogP contribution >= 0.6 is 0 Å². The third-order valence-corrected chi connectivity index (χ3v) is 2.57. The summed E-state index contributed by atoms with van der Waals surface area (Å²) < 4.78 is 5.66. The number of fused-ring (bicyclic) bond motifs is 1. The first kappa shape index (κ1) is 11.1. The fourth-order valence-corrected chi connectivity index (χ4v) is 1.74. The molecule has 0 aliphatic carbocycles. The van der Waals surface area contributed by atoms with Crippen LogP contribution in [0.4, 0.5) is 0 Å². The maximum absolute atomic E-state index is 8.96. The summed E-state index contributed by atoms with van der Waals surface area (Å²) in [4.78, 5) is 12.2. The van der Waals surface area contributed by atoms with Gasteiger partial charge < -0.3 is 4.74 Å². The molecular weight excluding hydrogens is 240 g/mol. The van der Waals surface area contributed by atoms with Gasteiger partial charge in [-0.05, 0) is 12.1 Å². The number of benzene rings is 1. The zero-order valence-electron chi connectivity index (χ0n) is 9.82. The molecule has 0 radical (unpaired) electrons. The molecule has 2 heterocycles. The van der Waals surface area contributed by atoms with Crippen molar-refractivity contribution in [1.82, 2.24) is 15.0 Å². The van der Waals surface area contributed by atoms with E-state index < -0.39 is 0 Å². The van der Waals surface area contributed by atoms with Gasteiger partial charge in [0.1, 0.15) is 11.6 Å². The van der Waals surface area contributed by atoms with Crippen LogP contribution in [0.5, 0.6) is 11.6 Å². The molecule has 19 heavy (non-hydrogen) atoms. The summed E-state index contributed by atoms with van der Waals surface area (Å²) in [5.41, 5.74) is 0.870. The summed E-state index contributed by atoms with van der Waals surface area (Å²) in [7, 11) is 0. The van der Waals surface area contributed by atoms with Crippen LogP contribution in [0.25, 0.3) is 10.9 Å². The average molecular weight is 248 g/mol. The fourth-order valence-electron chi connectivity index (χ4n) is 1.74. The van der Waals surface area contributed by atoms with Crippen LogP contribution < -0.4 is 4.74 Å². The van der Waals surface area contributed by atoms with Gasteiger partial charge in [0, 0.05) is 24.0 Å². The van der Waals surface area contributed by atoms with Crippen LogP contribution in [-0.4, -0.2) is 15.0 Å². The van der Waals surface area contributed by atoms with Crippen molar-refractivity contribution in [3.63, 3.8) is 0 Å². The minimum atomic E-state index is 0.149. The molecule has 3 aromatic rings. The standard InChI is InChI=1S/C14H8N4O/c15-9-11-14(18-8-7-16-11)19-12-5-1-3-10-4-2-6-17-13(10)12/h1-8H. The molecule has 0 fully saturated rings. The minimum Gasteiger partial charge on any atom is -0.434 e. The number of para-hydroxylation sites is 1. The molecule has 5 heteroatoms. The summed E-state index contributed by atoms with van der Waals surface area (Å²) >= 11 is 0. The topological polar surface area (TPSA) is 71.7 Å². The lowest BCUT2D eigenvalue weighted by atomic mass is 10.2. The largest absolute Gasteiger partial charge is 0.434 e. The molecular formula is C14H8N4O. The third-order valence-electron chi connectivity index (χ3n) is 2.57. The second-order valence-corrected chi connectivity index (χ2v) is 3.76. The van der Waals surface area contributed by atoms with Gasteiger partial charge in [-0.2, -0.15) is 5.26 Å².